The Labute approximate surface area is 188 Å². The summed E-state index contributed by atoms with van der Waals surface area (Å²) in [5.74, 6) is -0.178. The van der Waals surface area contributed by atoms with Crippen LogP contribution in [0.15, 0.2) is 58.4 Å². The number of anilines is 1. The maximum Gasteiger partial charge on any atom is 0.252 e. The van der Waals surface area contributed by atoms with Gasteiger partial charge in [-0.2, -0.15) is 4.31 Å². The fourth-order valence-electron chi connectivity index (χ4n) is 3.60. The average molecular weight is 473 g/mol. The summed E-state index contributed by atoms with van der Waals surface area (Å²) in [5.41, 5.74) is 2.55. The van der Waals surface area contributed by atoms with Crippen molar-refractivity contribution in [2.45, 2.75) is 23.5 Å². The third kappa shape index (κ3) is 4.16. The minimum absolute atomic E-state index is 0.138. The summed E-state index contributed by atoms with van der Waals surface area (Å²) in [6.45, 7) is 1.15. The van der Waals surface area contributed by atoms with Gasteiger partial charge in [-0.25, -0.2) is 13.4 Å². The van der Waals surface area contributed by atoms with E-state index < -0.39 is 10.0 Å². The summed E-state index contributed by atoms with van der Waals surface area (Å²) in [4.78, 5) is 18.7. The van der Waals surface area contributed by atoms with E-state index in [-0.39, 0.29) is 12.3 Å². The molecule has 160 valence electrons. The van der Waals surface area contributed by atoms with Gasteiger partial charge < -0.3 is 5.32 Å². The molecule has 1 aromatic carbocycles. The molecule has 0 aliphatic carbocycles. The number of hydrogen-bond acceptors (Lipinski definition) is 6. The molecule has 1 fully saturated rings. The van der Waals surface area contributed by atoms with Gasteiger partial charge in [0.2, 0.25) is 5.91 Å². The SMILES string of the molecule is O=C(Cc1ccc(S(=O)(=O)N2CCCC2)s1)Nc1ccc(-c2cn3ccsc3n2)cc1. The third-order valence-corrected chi connectivity index (χ3v) is 9.41. The molecule has 0 saturated carbocycles. The van der Waals surface area contributed by atoms with Crippen LogP contribution >= 0.6 is 22.7 Å². The van der Waals surface area contributed by atoms with Crippen molar-refractivity contribution in [1.82, 2.24) is 13.7 Å². The van der Waals surface area contributed by atoms with Crippen LogP contribution in [0.25, 0.3) is 16.2 Å². The minimum atomic E-state index is -3.44. The van der Waals surface area contributed by atoms with E-state index in [0.717, 1.165) is 33.9 Å². The van der Waals surface area contributed by atoms with Crippen molar-refractivity contribution in [3.8, 4) is 11.3 Å². The number of thiophene rings is 1. The Bertz CT molecular complexity index is 1300. The molecule has 1 N–H and O–H groups in total. The largest absolute Gasteiger partial charge is 0.326 e. The maximum atomic E-state index is 12.6. The number of rotatable bonds is 6. The van der Waals surface area contributed by atoms with Crippen LogP contribution in [-0.2, 0) is 21.2 Å². The van der Waals surface area contributed by atoms with Crippen LogP contribution < -0.4 is 5.32 Å². The number of benzene rings is 1. The second-order valence-electron chi connectivity index (χ2n) is 7.35. The first-order valence-electron chi connectivity index (χ1n) is 9.90. The molecular weight excluding hydrogens is 452 g/mol. The van der Waals surface area contributed by atoms with Crippen molar-refractivity contribution in [1.29, 1.82) is 0 Å². The Morgan fingerprint density at radius 3 is 2.61 bits per heavy atom. The number of imidazole rings is 1. The summed E-state index contributed by atoms with van der Waals surface area (Å²) >= 11 is 2.75. The minimum Gasteiger partial charge on any atom is -0.326 e. The highest BCUT2D eigenvalue weighted by Gasteiger charge is 2.28. The first-order valence-corrected chi connectivity index (χ1v) is 13.0. The molecule has 1 aliphatic rings. The zero-order valence-corrected chi connectivity index (χ0v) is 19.0. The van der Waals surface area contributed by atoms with Crippen LogP contribution in [0.3, 0.4) is 0 Å². The van der Waals surface area contributed by atoms with Crippen molar-refractivity contribution in [2.24, 2.45) is 0 Å². The van der Waals surface area contributed by atoms with Crippen molar-refractivity contribution in [2.75, 3.05) is 18.4 Å². The Morgan fingerprint density at radius 1 is 1.10 bits per heavy atom. The number of amides is 1. The lowest BCUT2D eigenvalue weighted by Crippen LogP contribution is -2.27. The summed E-state index contributed by atoms with van der Waals surface area (Å²) in [7, 11) is -3.44. The van der Waals surface area contributed by atoms with Gasteiger partial charge in [0.25, 0.3) is 10.0 Å². The molecule has 4 aromatic rings. The summed E-state index contributed by atoms with van der Waals surface area (Å²) < 4.78 is 29.1. The van der Waals surface area contributed by atoms with E-state index >= 15 is 0 Å². The highest BCUT2D eigenvalue weighted by atomic mass is 32.2. The molecular formula is C21H20N4O3S3. The standard InChI is InChI=1S/C21H20N4O3S3/c26-19(13-17-7-8-20(30-17)31(27,28)25-9-1-2-10-25)22-16-5-3-15(4-6-16)18-14-24-11-12-29-21(24)23-18/h3-8,11-12,14H,1-2,9-10,13H2,(H,22,26). The lowest BCUT2D eigenvalue weighted by molar-refractivity contribution is -0.115. The predicted molar refractivity (Wildman–Crippen MR) is 123 cm³/mol. The first kappa shape index (κ1) is 20.4. The Balaban J connectivity index is 1.22. The average Bonchev–Trinajstić information content (AvgIpc) is 3.51. The smallest absolute Gasteiger partial charge is 0.252 e. The van der Waals surface area contributed by atoms with E-state index in [0.29, 0.717) is 23.0 Å². The number of aromatic nitrogens is 2. The van der Waals surface area contributed by atoms with E-state index in [1.807, 2.05) is 46.4 Å². The van der Waals surface area contributed by atoms with Crippen LogP contribution in [0.1, 0.15) is 17.7 Å². The molecule has 0 radical (unpaired) electrons. The third-order valence-electron chi connectivity index (χ3n) is 5.19. The zero-order chi connectivity index (χ0) is 21.4. The lowest BCUT2D eigenvalue weighted by Gasteiger charge is -2.13. The van der Waals surface area contributed by atoms with Crippen molar-refractivity contribution >= 4 is 49.3 Å². The molecule has 31 heavy (non-hydrogen) atoms. The first-order chi connectivity index (χ1) is 15.0. The molecule has 1 amide bonds. The molecule has 0 atom stereocenters. The quantitative estimate of drug-likeness (QED) is 0.458. The molecule has 3 aromatic heterocycles. The fourth-order valence-corrected chi connectivity index (χ4v) is 7.33. The molecule has 10 heteroatoms. The normalized spacial score (nSPS) is 15.0. The molecule has 1 saturated heterocycles. The van der Waals surface area contributed by atoms with Crippen molar-refractivity contribution in [3.05, 3.63) is 59.0 Å². The number of thiazole rings is 1. The van der Waals surface area contributed by atoms with Gasteiger partial charge in [0.05, 0.1) is 12.1 Å². The van der Waals surface area contributed by atoms with Gasteiger partial charge in [0, 0.05) is 47.0 Å². The summed E-state index contributed by atoms with van der Waals surface area (Å²) in [5, 5.41) is 4.87. The van der Waals surface area contributed by atoms with E-state index in [9.17, 15) is 13.2 Å². The number of carbonyl (C=O) groups is 1. The maximum absolute atomic E-state index is 12.6. The van der Waals surface area contributed by atoms with Gasteiger partial charge in [0.1, 0.15) is 4.21 Å². The predicted octanol–water partition coefficient (Wildman–Crippen LogP) is 4.09. The fraction of sp³-hybridized carbons (Fsp3) is 0.238. The van der Waals surface area contributed by atoms with Crippen molar-refractivity contribution in [3.63, 3.8) is 0 Å². The zero-order valence-electron chi connectivity index (χ0n) is 16.5. The highest BCUT2D eigenvalue weighted by molar-refractivity contribution is 7.91. The van der Waals surface area contributed by atoms with Crippen molar-refractivity contribution < 1.29 is 13.2 Å². The molecule has 5 rings (SSSR count). The molecule has 0 spiro atoms. The second kappa shape index (κ2) is 8.19. The van der Waals surface area contributed by atoms with E-state index in [4.69, 9.17) is 0 Å². The number of carbonyl (C=O) groups excluding carboxylic acids is 1. The van der Waals surface area contributed by atoms with Gasteiger partial charge in [-0.3, -0.25) is 9.20 Å². The molecule has 7 nitrogen and oxygen atoms in total. The number of fused-ring (bicyclic) bond motifs is 1. The van der Waals surface area contributed by atoms with Gasteiger partial charge in [-0.1, -0.05) is 12.1 Å². The van der Waals surface area contributed by atoms with E-state index in [1.54, 1.807) is 23.5 Å². The lowest BCUT2D eigenvalue weighted by atomic mass is 10.1. The number of nitrogens with zero attached hydrogens (tertiary/aromatic N) is 3. The number of sulfonamides is 1. The monoisotopic (exact) mass is 472 g/mol. The molecule has 1 aliphatic heterocycles. The number of nitrogens with one attached hydrogen (secondary N) is 1. The van der Waals surface area contributed by atoms with Crippen LogP contribution in [0.2, 0.25) is 0 Å². The second-order valence-corrected chi connectivity index (χ2v) is 11.6. The Hall–Kier alpha value is -2.53. The van der Waals surface area contributed by atoms with Crippen LogP contribution in [-0.4, -0.2) is 41.1 Å². The molecule has 4 heterocycles. The van der Waals surface area contributed by atoms with Gasteiger partial charge in [-0.05, 0) is 37.1 Å². The molecule has 0 bridgehead atoms. The van der Waals surface area contributed by atoms with Gasteiger partial charge >= 0.3 is 0 Å². The number of hydrogen-bond donors (Lipinski definition) is 1. The van der Waals surface area contributed by atoms with Crippen LogP contribution in [0.5, 0.6) is 0 Å². The molecule has 0 unspecified atom stereocenters. The Morgan fingerprint density at radius 2 is 1.87 bits per heavy atom. The van der Waals surface area contributed by atoms with Gasteiger partial charge in [0.15, 0.2) is 4.96 Å². The highest BCUT2D eigenvalue weighted by Crippen LogP contribution is 2.28. The van der Waals surface area contributed by atoms with Crippen LogP contribution in [0.4, 0.5) is 5.69 Å². The van der Waals surface area contributed by atoms with Crippen LogP contribution in [0, 0.1) is 0 Å². The van der Waals surface area contributed by atoms with E-state index in [1.165, 1.54) is 15.6 Å². The summed E-state index contributed by atoms with van der Waals surface area (Å²) in [6.07, 6.45) is 5.89. The Kier molecular flexibility index (Phi) is 5.39. The topological polar surface area (TPSA) is 83.8 Å². The summed E-state index contributed by atoms with van der Waals surface area (Å²) in [6, 6.07) is 10.9. The van der Waals surface area contributed by atoms with E-state index in [2.05, 4.69) is 10.3 Å². The van der Waals surface area contributed by atoms with Gasteiger partial charge in [-0.15, -0.1) is 22.7 Å².